The lowest BCUT2D eigenvalue weighted by Gasteiger charge is -2.30. The number of likely N-dealkylation sites (tertiary alicyclic amines) is 1. The van der Waals surface area contributed by atoms with Gasteiger partial charge in [0.25, 0.3) is 0 Å². The van der Waals surface area contributed by atoms with Crippen LogP contribution in [0.15, 0.2) is 0 Å². The minimum absolute atomic E-state index is 0.735. The summed E-state index contributed by atoms with van der Waals surface area (Å²) in [6, 6.07) is 0. The Labute approximate surface area is 106 Å². The van der Waals surface area contributed by atoms with Crippen LogP contribution >= 0.6 is 11.3 Å². The number of methoxy groups -OCH3 is 1. The van der Waals surface area contributed by atoms with E-state index in [1.807, 2.05) is 7.05 Å². The van der Waals surface area contributed by atoms with Gasteiger partial charge >= 0.3 is 0 Å². The summed E-state index contributed by atoms with van der Waals surface area (Å²) in [6.45, 7) is 4.11. The molecule has 5 nitrogen and oxygen atoms in total. The van der Waals surface area contributed by atoms with Gasteiger partial charge in [0.1, 0.15) is 5.01 Å². The molecule has 1 aliphatic rings. The number of ether oxygens (including phenoxy) is 1. The lowest BCUT2D eigenvalue weighted by Crippen LogP contribution is -2.34. The molecule has 17 heavy (non-hydrogen) atoms. The molecule has 1 saturated heterocycles. The van der Waals surface area contributed by atoms with Gasteiger partial charge in [-0.05, 0) is 31.8 Å². The number of nitrogens with zero attached hydrogens (tertiary/aromatic N) is 3. The fourth-order valence-corrected chi connectivity index (χ4v) is 2.89. The minimum atomic E-state index is 0.735. The second kappa shape index (κ2) is 6.28. The van der Waals surface area contributed by atoms with E-state index in [1.165, 1.54) is 12.8 Å². The zero-order valence-corrected chi connectivity index (χ0v) is 11.3. The summed E-state index contributed by atoms with van der Waals surface area (Å²) < 4.78 is 5.21. The molecule has 1 fully saturated rings. The van der Waals surface area contributed by atoms with Crippen LogP contribution in [0, 0.1) is 5.92 Å². The number of aromatic nitrogens is 2. The number of piperidine rings is 1. The van der Waals surface area contributed by atoms with Gasteiger partial charge in [-0.25, -0.2) is 0 Å². The van der Waals surface area contributed by atoms with Gasteiger partial charge in [0.2, 0.25) is 5.13 Å². The summed E-state index contributed by atoms with van der Waals surface area (Å²) in [7, 11) is 3.66. The van der Waals surface area contributed by atoms with E-state index in [4.69, 9.17) is 4.74 Å². The first-order valence-electron chi connectivity index (χ1n) is 6.03. The standard InChI is InChI=1S/C11H20N4OS/c1-12-11-14-13-10(17-11)7-15-5-3-9(4-6-15)8-16-2/h9H,3-8H2,1-2H3,(H,12,14). The van der Waals surface area contributed by atoms with Crippen LogP contribution in [-0.4, -0.2) is 49.0 Å². The summed E-state index contributed by atoms with van der Waals surface area (Å²) in [5, 5.41) is 13.2. The Hall–Kier alpha value is -0.720. The maximum Gasteiger partial charge on any atom is 0.205 e. The predicted molar refractivity (Wildman–Crippen MR) is 69.3 cm³/mol. The molecule has 0 aliphatic carbocycles. The molecular formula is C11H20N4OS. The molecule has 0 amide bonds. The molecular weight excluding hydrogens is 236 g/mol. The maximum atomic E-state index is 5.21. The molecule has 0 unspecified atom stereocenters. The van der Waals surface area contributed by atoms with Crippen LogP contribution in [-0.2, 0) is 11.3 Å². The molecule has 96 valence electrons. The molecule has 2 rings (SSSR count). The van der Waals surface area contributed by atoms with Gasteiger partial charge in [-0.15, -0.1) is 10.2 Å². The minimum Gasteiger partial charge on any atom is -0.384 e. The number of nitrogens with one attached hydrogen (secondary N) is 1. The van der Waals surface area contributed by atoms with Crippen LogP contribution in [0.2, 0.25) is 0 Å². The Balaban J connectivity index is 1.77. The SMILES string of the molecule is CNc1nnc(CN2CCC(COC)CC2)s1. The molecule has 0 spiro atoms. The van der Waals surface area contributed by atoms with Gasteiger partial charge in [-0.2, -0.15) is 0 Å². The van der Waals surface area contributed by atoms with Gasteiger partial charge < -0.3 is 10.1 Å². The predicted octanol–water partition coefficient (Wildman–Crippen LogP) is 1.44. The van der Waals surface area contributed by atoms with Crippen molar-refractivity contribution in [1.82, 2.24) is 15.1 Å². The summed E-state index contributed by atoms with van der Waals surface area (Å²) >= 11 is 1.64. The highest BCUT2D eigenvalue weighted by molar-refractivity contribution is 7.15. The summed E-state index contributed by atoms with van der Waals surface area (Å²) in [5.41, 5.74) is 0. The maximum absolute atomic E-state index is 5.21. The van der Waals surface area contributed by atoms with Crippen molar-refractivity contribution in [3.05, 3.63) is 5.01 Å². The first-order valence-corrected chi connectivity index (χ1v) is 6.85. The van der Waals surface area contributed by atoms with E-state index in [9.17, 15) is 0 Å². The average molecular weight is 256 g/mol. The third kappa shape index (κ3) is 3.62. The Bertz CT molecular complexity index is 336. The Morgan fingerprint density at radius 2 is 2.18 bits per heavy atom. The lowest BCUT2D eigenvalue weighted by molar-refractivity contribution is 0.0967. The van der Waals surface area contributed by atoms with Crippen LogP contribution < -0.4 is 5.32 Å². The van der Waals surface area contributed by atoms with E-state index in [1.54, 1.807) is 18.4 Å². The Morgan fingerprint density at radius 1 is 1.41 bits per heavy atom. The first-order chi connectivity index (χ1) is 8.31. The third-order valence-electron chi connectivity index (χ3n) is 3.15. The van der Waals surface area contributed by atoms with Crippen molar-refractivity contribution in [2.75, 3.05) is 39.2 Å². The van der Waals surface area contributed by atoms with E-state index in [-0.39, 0.29) is 0 Å². The highest BCUT2D eigenvalue weighted by atomic mass is 32.1. The summed E-state index contributed by atoms with van der Waals surface area (Å²) in [5.74, 6) is 0.735. The molecule has 1 aromatic rings. The second-order valence-corrected chi connectivity index (χ2v) is 5.49. The fourth-order valence-electron chi connectivity index (χ4n) is 2.16. The normalized spacial score (nSPS) is 18.5. The topological polar surface area (TPSA) is 50.3 Å². The van der Waals surface area contributed by atoms with Crippen molar-refractivity contribution in [2.45, 2.75) is 19.4 Å². The molecule has 0 saturated carbocycles. The molecule has 0 radical (unpaired) electrons. The van der Waals surface area contributed by atoms with Crippen LogP contribution in [0.1, 0.15) is 17.8 Å². The van der Waals surface area contributed by atoms with E-state index in [0.717, 1.165) is 42.3 Å². The highest BCUT2D eigenvalue weighted by Crippen LogP contribution is 2.21. The largest absolute Gasteiger partial charge is 0.384 e. The van der Waals surface area contributed by atoms with E-state index in [0.29, 0.717) is 0 Å². The molecule has 6 heteroatoms. The molecule has 0 bridgehead atoms. The number of rotatable bonds is 5. The highest BCUT2D eigenvalue weighted by Gasteiger charge is 2.20. The molecule has 1 aromatic heterocycles. The van der Waals surface area contributed by atoms with Crippen molar-refractivity contribution < 1.29 is 4.74 Å². The van der Waals surface area contributed by atoms with Crippen LogP contribution in [0.4, 0.5) is 5.13 Å². The van der Waals surface area contributed by atoms with Gasteiger partial charge in [0, 0.05) is 20.8 Å². The average Bonchev–Trinajstić information content (AvgIpc) is 2.80. The zero-order chi connectivity index (χ0) is 12.1. The number of anilines is 1. The van der Waals surface area contributed by atoms with Gasteiger partial charge in [0.15, 0.2) is 0 Å². The fraction of sp³-hybridized carbons (Fsp3) is 0.818. The quantitative estimate of drug-likeness (QED) is 0.864. The Morgan fingerprint density at radius 3 is 2.76 bits per heavy atom. The van der Waals surface area contributed by atoms with Crippen LogP contribution in [0.3, 0.4) is 0 Å². The Kier molecular flexibility index (Phi) is 4.70. The van der Waals surface area contributed by atoms with Crippen molar-refractivity contribution >= 4 is 16.5 Å². The molecule has 2 heterocycles. The van der Waals surface area contributed by atoms with Crippen molar-refractivity contribution in [3.63, 3.8) is 0 Å². The lowest BCUT2D eigenvalue weighted by atomic mass is 9.98. The smallest absolute Gasteiger partial charge is 0.205 e. The van der Waals surface area contributed by atoms with Gasteiger partial charge in [0.05, 0.1) is 6.54 Å². The van der Waals surface area contributed by atoms with Crippen LogP contribution in [0.5, 0.6) is 0 Å². The number of hydrogen-bond donors (Lipinski definition) is 1. The summed E-state index contributed by atoms with van der Waals surface area (Å²) in [4.78, 5) is 2.45. The monoisotopic (exact) mass is 256 g/mol. The van der Waals surface area contributed by atoms with E-state index >= 15 is 0 Å². The van der Waals surface area contributed by atoms with E-state index < -0.39 is 0 Å². The molecule has 1 aliphatic heterocycles. The van der Waals surface area contributed by atoms with Crippen molar-refractivity contribution in [1.29, 1.82) is 0 Å². The molecule has 1 N–H and O–H groups in total. The zero-order valence-electron chi connectivity index (χ0n) is 10.5. The number of hydrogen-bond acceptors (Lipinski definition) is 6. The second-order valence-electron chi connectivity index (χ2n) is 4.43. The third-order valence-corrected chi connectivity index (χ3v) is 4.07. The first kappa shape index (κ1) is 12.7. The van der Waals surface area contributed by atoms with Crippen molar-refractivity contribution in [3.8, 4) is 0 Å². The summed E-state index contributed by atoms with van der Waals surface area (Å²) in [6.07, 6.45) is 2.46. The van der Waals surface area contributed by atoms with Gasteiger partial charge in [-0.1, -0.05) is 11.3 Å². The molecule has 0 atom stereocenters. The van der Waals surface area contributed by atoms with Gasteiger partial charge in [-0.3, -0.25) is 4.90 Å². The van der Waals surface area contributed by atoms with Crippen LogP contribution in [0.25, 0.3) is 0 Å². The van der Waals surface area contributed by atoms with E-state index in [2.05, 4.69) is 20.4 Å². The van der Waals surface area contributed by atoms with Crippen molar-refractivity contribution in [2.24, 2.45) is 5.92 Å². The molecule has 0 aromatic carbocycles.